The van der Waals surface area contributed by atoms with E-state index in [-0.39, 0.29) is 17.0 Å². The van der Waals surface area contributed by atoms with Crippen LogP contribution in [-0.4, -0.2) is 34.2 Å². The van der Waals surface area contributed by atoms with Gasteiger partial charge in [-0.3, -0.25) is 0 Å². The van der Waals surface area contributed by atoms with Crippen LogP contribution in [0.3, 0.4) is 0 Å². The fraction of sp³-hybridized carbons (Fsp3) is 0.538. The summed E-state index contributed by atoms with van der Waals surface area (Å²) in [5.74, 6) is 0.645. The summed E-state index contributed by atoms with van der Waals surface area (Å²) in [6.45, 7) is 2.95. The average Bonchev–Trinajstić information content (AvgIpc) is 2.41. The second-order valence-electron chi connectivity index (χ2n) is 4.79. The Morgan fingerprint density at radius 1 is 1.32 bits per heavy atom. The molecular formula is C13H20N2O3S. The lowest BCUT2D eigenvalue weighted by Crippen LogP contribution is -2.51. The van der Waals surface area contributed by atoms with Crippen molar-refractivity contribution in [3.8, 4) is 5.75 Å². The summed E-state index contributed by atoms with van der Waals surface area (Å²) < 4.78 is 32.3. The number of benzene rings is 1. The van der Waals surface area contributed by atoms with Crippen LogP contribution in [-0.2, 0) is 10.0 Å². The van der Waals surface area contributed by atoms with Crippen molar-refractivity contribution in [2.45, 2.75) is 36.7 Å². The highest BCUT2D eigenvalue weighted by molar-refractivity contribution is 7.89. The maximum Gasteiger partial charge on any atom is 0.240 e. The van der Waals surface area contributed by atoms with E-state index < -0.39 is 10.0 Å². The standard InChI is InChI=1S/C13H20N2O3S/c1-10-13(4-3-9-14-10)15-19(16,17)12-7-5-11(18-2)6-8-12/h5-8,10,13-15H,3-4,9H2,1-2H3/t10-,13+/m0/s1. The number of ether oxygens (including phenoxy) is 1. The van der Waals surface area contributed by atoms with Crippen LogP contribution in [0.1, 0.15) is 19.8 Å². The highest BCUT2D eigenvalue weighted by Gasteiger charge is 2.26. The Morgan fingerprint density at radius 2 is 2.00 bits per heavy atom. The van der Waals surface area contributed by atoms with E-state index in [0.717, 1.165) is 19.4 Å². The maximum atomic E-state index is 12.3. The minimum absolute atomic E-state index is 0.0548. The molecule has 0 aliphatic carbocycles. The van der Waals surface area contributed by atoms with Gasteiger partial charge in [0.15, 0.2) is 0 Å². The molecule has 6 heteroatoms. The molecule has 0 aromatic heterocycles. The highest BCUT2D eigenvalue weighted by atomic mass is 32.2. The van der Waals surface area contributed by atoms with E-state index in [1.54, 1.807) is 31.4 Å². The van der Waals surface area contributed by atoms with E-state index in [4.69, 9.17) is 4.74 Å². The van der Waals surface area contributed by atoms with Gasteiger partial charge in [-0.25, -0.2) is 13.1 Å². The van der Waals surface area contributed by atoms with Crippen molar-refractivity contribution in [3.63, 3.8) is 0 Å². The highest BCUT2D eigenvalue weighted by Crippen LogP contribution is 2.17. The molecule has 2 rings (SSSR count). The number of hydrogen-bond donors (Lipinski definition) is 2. The van der Waals surface area contributed by atoms with Crippen LogP contribution in [0.25, 0.3) is 0 Å². The summed E-state index contributed by atoms with van der Waals surface area (Å²) in [6.07, 6.45) is 1.85. The smallest absolute Gasteiger partial charge is 0.240 e. The first-order valence-electron chi connectivity index (χ1n) is 6.43. The van der Waals surface area contributed by atoms with Crippen molar-refractivity contribution >= 4 is 10.0 Å². The zero-order chi connectivity index (χ0) is 13.9. The number of nitrogens with one attached hydrogen (secondary N) is 2. The fourth-order valence-corrected chi connectivity index (χ4v) is 3.58. The Kier molecular flexibility index (Phi) is 4.44. The van der Waals surface area contributed by atoms with E-state index in [2.05, 4.69) is 10.0 Å². The fourth-order valence-electron chi connectivity index (χ4n) is 2.23. The van der Waals surface area contributed by atoms with Crippen LogP contribution in [0.4, 0.5) is 0 Å². The first-order chi connectivity index (χ1) is 9.03. The molecule has 1 saturated heterocycles. The van der Waals surface area contributed by atoms with Crippen LogP contribution >= 0.6 is 0 Å². The molecule has 1 aliphatic rings. The molecule has 1 fully saturated rings. The molecular weight excluding hydrogens is 264 g/mol. The first kappa shape index (κ1) is 14.3. The lowest BCUT2D eigenvalue weighted by Gasteiger charge is -2.30. The van der Waals surface area contributed by atoms with E-state index in [0.29, 0.717) is 5.75 Å². The monoisotopic (exact) mass is 284 g/mol. The molecule has 0 unspecified atom stereocenters. The molecule has 1 heterocycles. The average molecular weight is 284 g/mol. The Morgan fingerprint density at radius 3 is 2.58 bits per heavy atom. The minimum atomic E-state index is -3.46. The Hall–Kier alpha value is -1.11. The van der Waals surface area contributed by atoms with Gasteiger partial charge >= 0.3 is 0 Å². The Labute approximate surface area is 114 Å². The number of piperidine rings is 1. The van der Waals surface area contributed by atoms with Crippen LogP contribution in [0.5, 0.6) is 5.75 Å². The first-order valence-corrected chi connectivity index (χ1v) is 7.91. The van der Waals surface area contributed by atoms with E-state index in [9.17, 15) is 8.42 Å². The van der Waals surface area contributed by atoms with E-state index in [1.807, 2.05) is 6.92 Å². The predicted molar refractivity (Wildman–Crippen MR) is 73.8 cm³/mol. The summed E-state index contributed by atoms with van der Waals surface area (Å²) in [5, 5.41) is 3.28. The van der Waals surface area contributed by atoms with Crippen LogP contribution in [0, 0.1) is 0 Å². The molecule has 1 aromatic carbocycles. The maximum absolute atomic E-state index is 12.3. The van der Waals surface area contributed by atoms with Gasteiger partial charge in [-0.05, 0) is 50.6 Å². The molecule has 0 spiro atoms. The number of sulfonamides is 1. The second-order valence-corrected chi connectivity index (χ2v) is 6.50. The third kappa shape index (κ3) is 3.46. The molecule has 19 heavy (non-hydrogen) atoms. The number of hydrogen-bond acceptors (Lipinski definition) is 4. The lowest BCUT2D eigenvalue weighted by atomic mass is 10.0. The zero-order valence-corrected chi connectivity index (χ0v) is 12.0. The number of rotatable bonds is 4. The molecule has 0 amide bonds. The molecule has 0 radical (unpaired) electrons. The molecule has 0 bridgehead atoms. The molecule has 2 atom stereocenters. The van der Waals surface area contributed by atoms with Crippen molar-refractivity contribution in [2.75, 3.05) is 13.7 Å². The van der Waals surface area contributed by atoms with Crippen LogP contribution in [0.15, 0.2) is 29.2 Å². The molecule has 1 aliphatic heterocycles. The largest absolute Gasteiger partial charge is 0.497 e. The van der Waals surface area contributed by atoms with Gasteiger partial charge in [0.25, 0.3) is 0 Å². The predicted octanol–water partition coefficient (Wildman–Crippen LogP) is 1.11. The molecule has 1 aromatic rings. The van der Waals surface area contributed by atoms with Gasteiger partial charge < -0.3 is 10.1 Å². The summed E-state index contributed by atoms with van der Waals surface area (Å²) in [7, 11) is -1.91. The molecule has 2 N–H and O–H groups in total. The van der Waals surface area contributed by atoms with Crippen molar-refractivity contribution in [1.82, 2.24) is 10.0 Å². The second kappa shape index (κ2) is 5.90. The topological polar surface area (TPSA) is 67.4 Å². The molecule has 0 saturated carbocycles. The Balaban J connectivity index is 2.12. The van der Waals surface area contributed by atoms with Gasteiger partial charge in [0.1, 0.15) is 5.75 Å². The van der Waals surface area contributed by atoms with E-state index in [1.165, 1.54) is 0 Å². The normalized spacial score (nSPS) is 24.1. The molecule has 106 valence electrons. The summed E-state index contributed by atoms with van der Waals surface area (Å²) in [4.78, 5) is 0.270. The van der Waals surface area contributed by atoms with Crippen molar-refractivity contribution in [1.29, 1.82) is 0 Å². The summed E-state index contributed by atoms with van der Waals surface area (Å²) in [5.41, 5.74) is 0. The van der Waals surface area contributed by atoms with Crippen LogP contribution < -0.4 is 14.8 Å². The lowest BCUT2D eigenvalue weighted by molar-refractivity contribution is 0.349. The van der Waals surface area contributed by atoms with Crippen molar-refractivity contribution in [2.24, 2.45) is 0 Å². The van der Waals surface area contributed by atoms with Crippen LogP contribution in [0.2, 0.25) is 0 Å². The third-order valence-electron chi connectivity index (χ3n) is 3.44. The van der Waals surface area contributed by atoms with Gasteiger partial charge in [0.2, 0.25) is 10.0 Å². The Bertz CT molecular complexity index is 513. The van der Waals surface area contributed by atoms with Crippen molar-refractivity contribution < 1.29 is 13.2 Å². The van der Waals surface area contributed by atoms with Gasteiger partial charge in [-0.2, -0.15) is 0 Å². The zero-order valence-electron chi connectivity index (χ0n) is 11.2. The van der Waals surface area contributed by atoms with Gasteiger partial charge in [0.05, 0.1) is 12.0 Å². The van der Waals surface area contributed by atoms with Gasteiger partial charge in [0, 0.05) is 12.1 Å². The number of methoxy groups -OCH3 is 1. The minimum Gasteiger partial charge on any atom is -0.497 e. The van der Waals surface area contributed by atoms with Gasteiger partial charge in [-0.1, -0.05) is 0 Å². The molecule has 5 nitrogen and oxygen atoms in total. The van der Waals surface area contributed by atoms with Crippen molar-refractivity contribution in [3.05, 3.63) is 24.3 Å². The van der Waals surface area contributed by atoms with E-state index >= 15 is 0 Å². The third-order valence-corrected chi connectivity index (χ3v) is 4.94. The SMILES string of the molecule is COc1ccc(S(=O)(=O)N[C@@H]2CCCN[C@H]2C)cc1. The van der Waals surface area contributed by atoms with Gasteiger partial charge in [-0.15, -0.1) is 0 Å². The summed E-state index contributed by atoms with van der Waals surface area (Å²) in [6, 6.07) is 6.51. The summed E-state index contributed by atoms with van der Waals surface area (Å²) >= 11 is 0. The quantitative estimate of drug-likeness (QED) is 0.869.